The first-order valence-electron chi connectivity index (χ1n) is 7.91. The summed E-state index contributed by atoms with van der Waals surface area (Å²) >= 11 is 6.29. The predicted octanol–water partition coefficient (Wildman–Crippen LogP) is 5.89. The van der Waals surface area contributed by atoms with Gasteiger partial charge in [0, 0.05) is 17.6 Å². The molecule has 0 aliphatic carbocycles. The van der Waals surface area contributed by atoms with Gasteiger partial charge in [-0.1, -0.05) is 61.0 Å². The van der Waals surface area contributed by atoms with E-state index in [2.05, 4.69) is 60.8 Å². The van der Waals surface area contributed by atoms with Crippen LogP contribution in [0.3, 0.4) is 0 Å². The van der Waals surface area contributed by atoms with Gasteiger partial charge in [-0.2, -0.15) is 0 Å². The van der Waals surface area contributed by atoms with Crippen molar-refractivity contribution in [2.24, 2.45) is 0 Å². The lowest BCUT2D eigenvalue weighted by molar-refractivity contribution is 0.317. The lowest BCUT2D eigenvalue weighted by Gasteiger charge is -2.12. The van der Waals surface area contributed by atoms with Crippen molar-refractivity contribution in [3.63, 3.8) is 0 Å². The van der Waals surface area contributed by atoms with Crippen molar-refractivity contribution in [1.29, 1.82) is 0 Å². The smallest absolute Gasteiger partial charge is 0.137 e. The van der Waals surface area contributed by atoms with Crippen molar-refractivity contribution in [3.05, 3.63) is 71.2 Å². The Bertz CT molecular complexity index is 795. The highest BCUT2D eigenvalue weighted by molar-refractivity contribution is 6.32. The van der Waals surface area contributed by atoms with E-state index in [-0.39, 0.29) is 0 Å². The Balaban J connectivity index is 1.74. The Kier molecular flexibility index (Phi) is 5.04. The van der Waals surface area contributed by atoms with Crippen molar-refractivity contribution in [2.75, 3.05) is 11.9 Å². The van der Waals surface area contributed by atoms with E-state index in [0.29, 0.717) is 11.6 Å². The van der Waals surface area contributed by atoms with Crippen molar-refractivity contribution < 1.29 is 4.74 Å². The van der Waals surface area contributed by atoms with E-state index >= 15 is 0 Å². The molecule has 0 heterocycles. The maximum absolute atomic E-state index is 6.29. The summed E-state index contributed by atoms with van der Waals surface area (Å²) in [6, 6.07) is 20.6. The topological polar surface area (TPSA) is 21.3 Å². The molecule has 0 aliphatic heterocycles. The number of hydrogen-bond acceptors (Lipinski definition) is 2. The lowest BCUT2D eigenvalue weighted by Crippen LogP contribution is -2.01. The third kappa shape index (κ3) is 3.77. The fraction of sp³-hybridized carbons (Fsp3) is 0.200. The molecule has 0 saturated carbocycles. The van der Waals surface area contributed by atoms with Gasteiger partial charge in [0.25, 0.3) is 0 Å². The Hall–Kier alpha value is -2.19. The highest BCUT2D eigenvalue weighted by atomic mass is 35.5. The van der Waals surface area contributed by atoms with Crippen LogP contribution in [0.15, 0.2) is 60.7 Å². The van der Waals surface area contributed by atoms with E-state index < -0.39 is 0 Å². The maximum atomic E-state index is 6.29. The molecule has 3 aromatic carbocycles. The minimum Gasteiger partial charge on any atom is -0.492 e. The summed E-state index contributed by atoms with van der Waals surface area (Å²) in [5.41, 5.74) is 2.26. The molecule has 3 heteroatoms. The van der Waals surface area contributed by atoms with Gasteiger partial charge in [-0.15, -0.1) is 0 Å². The van der Waals surface area contributed by atoms with Gasteiger partial charge in [-0.25, -0.2) is 0 Å². The number of anilines is 1. The molecule has 3 aromatic rings. The molecule has 0 radical (unpaired) electrons. The first-order valence-corrected chi connectivity index (χ1v) is 8.28. The minimum atomic E-state index is 0.663. The fourth-order valence-electron chi connectivity index (χ4n) is 2.56. The first-order chi connectivity index (χ1) is 11.3. The number of nitrogens with one attached hydrogen (secondary N) is 1. The molecule has 2 nitrogen and oxygen atoms in total. The predicted molar refractivity (Wildman–Crippen MR) is 98.5 cm³/mol. The number of halogens is 1. The molecule has 0 fully saturated rings. The average molecular weight is 326 g/mol. The Labute approximate surface area is 142 Å². The number of benzene rings is 3. The second-order valence-corrected chi connectivity index (χ2v) is 5.90. The maximum Gasteiger partial charge on any atom is 0.137 e. The van der Waals surface area contributed by atoms with Crippen LogP contribution in [-0.2, 0) is 6.54 Å². The molecule has 0 saturated heterocycles. The van der Waals surface area contributed by atoms with E-state index in [1.54, 1.807) is 0 Å². The van der Waals surface area contributed by atoms with Gasteiger partial charge >= 0.3 is 0 Å². The molecular formula is C20H20ClNO. The molecule has 118 valence electrons. The zero-order chi connectivity index (χ0) is 16.1. The molecule has 1 N–H and O–H groups in total. The molecule has 23 heavy (non-hydrogen) atoms. The largest absolute Gasteiger partial charge is 0.492 e. The summed E-state index contributed by atoms with van der Waals surface area (Å²) in [4.78, 5) is 0. The molecule has 0 aromatic heterocycles. The molecule has 3 rings (SSSR count). The monoisotopic (exact) mass is 325 g/mol. The quantitative estimate of drug-likeness (QED) is 0.609. The Morgan fingerprint density at radius 3 is 2.65 bits per heavy atom. The van der Waals surface area contributed by atoms with Gasteiger partial charge in [0.2, 0.25) is 0 Å². The average Bonchev–Trinajstić information content (AvgIpc) is 2.59. The van der Waals surface area contributed by atoms with Crippen LogP contribution in [0, 0.1) is 0 Å². The minimum absolute atomic E-state index is 0.663. The normalized spacial score (nSPS) is 10.7. The van der Waals surface area contributed by atoms with Crippen molar-refractivity contribution in [3.8, 4) is 5.75 Å². The van der Waals surface area contributed by atoms with Crippen LogP contribution < -0.4 is 10.1 Å². The SMILES string of the molecule is CCCOc1ccc(CNc2cccc3ccccc23)cc1Cl. The van der Waals surface area contributed by atoms with Crippen LogP contribution in [0.4, 0.5) is 5.69 Å². The second kappa shape index (κ2) is 7.38. The van der Waals surface area contributed by atoms with Gasteiger partial charge in [0.05, 0.1) is 11.6 Å². The highest BCUT2D eigenvalue weighted by Crippen LogP contribution is 2.27. The molecule has 0 unspecified atom stereocenters. The summed E-state index contributed by atoms with van der Waals surface area (Å²) in [5, 5.41) is 6.62. The van der Waals surface area contributed by atoms with E-state index in [1.165, 1.54) is 10.8 Å². The van der Waals surface area contributed by atoms with Crippen LogP contribution in [0.25, 0.3) is 10.8 Å². The standard InChI is InChI=1S/C20H20ClNO/c1-2-12-23-20-11-10-15(13-18(20)21)14-22-19-9-5-7-16-6-3-4-8-17(16)19/h3-11,13,22H,2,12,14H2,1H3. The van der Waals surface area contributed by atoms with Gasteiger partial charge in [-0.3, -0.25) is 0 Å². The third-order valence-electron chi connectivity index (χ3n) is 3.73. The van der Waals surface area contributed by atoms with E-state index in [4.69, 9.17) is 16.3 Å². The van der Waals surface area contributed by atoms with E-state index in [0.717, 1.165) is 30.0 Å². The summed E-state index contributed by atoms with van der Waals surface area (Å²) < 4.78 is 5.61. The highest BCUT2D eigenvalue weighted by Gasteiger charge is 2.04. The van der Waals surface area contributed by atoms with Gasteiger partial charge in [0.1, 0.15) is 5.75 Å². The number of fused-ring (bicyclic) bond motifs is 1. The number of hydrogen-bond donors (Lipinski definition) is 1. The van der Waals surface area contributed by atoms with Crippen molar-refractivity contribution >= 4 is 28.1 Å². The molecule has 0 bridgehead atoms. The summed E-state index contributed by atoms with van der Waals surface area (Å²) in [6.45, 7) is 3.49. The summed E-state index contributed by atoms with van der Waals surface area (Å²) in [7, 11) is 0. The first kappa shape index (κ1) is 15.7. The van der Waals surface area contributed by atoms with Crippen molar-refractivity contribution in [2.45, 2.75) is 19.9 Å². The van der Waals surface area contributed by atoms with Crippen molar-refractivity contribution in [1.82, 2.24) is 0 Å². The number of rotatable bonds is 6. The second-order valence-electron chi connectivity index (χ2n) is 5.49. The van der Waals surface area contributed by atoms with Gasteiger partial charge in [-0.05, 0) is 35.6 Å². The van der Waals surface area contributed by atoms with Crippen LogP contribution in [-0.4, -0.2) is 6.61 Å². The van der Waals surface area contributed by atoms with Crippen LogP contribution >= 0.6 is 11.6 Å². The molecule has 0 spiro atoms. The Morgan fingerprint density at radius 2 is 1.83 bits per heavy atom. The molecular weight excluding hydrogens is 306 g/mol. The van der Waals surface area contributed by atoms with Crippen LogP contribution in [0.5, 0.6) is 5.75 Å². The van der Waals surface area contributed by atoms with Gasteiger partial charge < -0.3 is 10.1 Å². The lowest BCUT2D eigenvalue weighted by atomic mass is 10.1. The Morgan fingerprint density at radius 1 is 1.00 bits per heavy atom. The number of ether oxygens (including phenoxy) is 1. The summed E-state index contributed by atoms with van der Waals surface area (Å²) in [5.74, 6) is 0.752. The molecule has 0 aliphatic rings. The molecule has 0 amide bonds. The van der Waals surface area contributed by atoms with E-state index in [9.17, 15) is 0 Å². The third-order valence-corrected chi connectivity index (χ3v) is 4.03. The van der Waals surface area contributed by atoms with Crippen LogP contribution in [0.2, 0.25) is 5.02 Å². The van der Waals surface area contributed by atoms with Crippen LogP contribution in [0.1, 0.15) is 18.9 Å². The van der Waals surface area contributed by atoms with Gasteiger partial charge in [0.15, 0.2) is 0 Å². The van der Waals surface area contributed by atoms with E-state index in [1.807, 2.05) is 12.1 Å². The zero-order valence-corrected chi connectivity index (χ0v) is 13.9. The molecule has 0 atom stereocenters. The summed E-state index contributed by atoms with van der Waals surface area (Å²) in [6.07, 6.45) is 0.973. The zero-order valence-electron chi connectivity index (χ0n) is 13.2. The fourth-order valence-corrected chi connectivity index (χ4v) is 2.82.